The summed E-state index contributed by atoms with van der Waals surface area (Å²) in [7, 11) is 0. The van der Waals surface area contributed by atoms with Crippen LogP contribution in [-0.4, -0.2) is 35.0 Å². The molecule has 1 aromatic heterocycles. The fraction of sp³-hybridized carbons (Fsp3) is 0.571. The number of rotatable bonds is 4. The summed E-state index contributed by atoms with van der Waals surface area (Å²) >= 11 is 1.66. The molecule has 1 N–H and O–H groups in total. The molecule has 1 aliphatic heterocycles. The minimum absolute atomic E-state index is 0.0776. The lowest BCUT2D eigenvalue weighted by atomic mass is 9.96. The van der Waals surface area contributed by atoms with Gasteiger partial charge in [0.25, 0.3) is 0 Å². The number of piperidine rings is 1. The van der Waals surface area contributed by atoms with E-state index in [0.717, 1.165) is 12.8 Å². The zero-order valence-corrected chi connectivity index (χ0v) is 11.9. The summed E-state index contributed by atoms with van der Waals surface area (Å²) in [6.07, 6.45) is 2.21. The van der Waals surface area contributed by atoms with Gasteiger partial charge in [-0.25, -0.2) is 0 Å². The number of carbonyl (C=O) groups excluding carboxylic acids is 1. The second kappa shape index (κ2) is 6.19. The van der Waals surface area contributed by atoms with Crippen molar-refractivity contribution in [3.8, 4) is 0 Å². The van der Waals surface area contributed by atoms with Gasteiger partial charge in [-0.1, -0.05) is 13.0 Å². The van der Waals surface area contributed by atoms with Gasteiger partial charge in [0, 0.05) is 23.9 Å². The number of likely N-dealkylation sites (tertiary alicyclic amines) is 1. The van der Waals surface area contributed by atoms with Crippen molar-refractivity contribution in [2.45, 2.75) is 26.2 Å². The van der Waals surface area contributed by atoms with Crippen LogP contribution in [0.25, 0.3) is 0 Å². The van der Waals surface area contributed by atoms with Crippen LogP contribution in [-0.2, 0) is 16.0 Å². The third-order valence-corrected chi connectivity index (χ3v) is 4.49. The third kappa shape index (κ3) is 3.56. The first-order valence-electron chi connectivity index (χ1n) is 6.62. The Morgan fingerprint density at radius 2 is 2.37 bits per heavy atom. The fourth-order valence-electron chi connectivity index (χ4n) is 2.51. The predicted molar refractivity (Wildman–Crippen MR) is 74.1 cm³/mol. The van der Waals surface area contributed by atoms with Crippen LogP contribution in [0.2, 0.25) is 0 Å². The predicted octanol–water partition coefficient (Wildman–Crippen LogP) is 2.25. The molecule has 0 aliphatic carbocycles. The number of amides is 1. The lowest BCUT2D eigenvalue weighted by Crippen LogP contribution is -2.44. The Bertz CT molecular complexity index is 444. The van der Waals surface area contributed by atoms with E-state index in [9.17, 15) is 9.59 Å². The summed E-state index contributed by atoms with van der Waals surface area (Å²) in [5.74, 6) is -1.18. The van der Waals surface area contributed by atoms with Gasteiger partial charge < -0.3 is 10.0 Å². The van der Waals surface area contributed by atoms with Crippen LogP contribution in [0.3, 0.4) is 0 Å². The van der Waals surface area contributed by atoms with E-state index in [1.165, 1.54) is 4.88 Å². The summed E-state index contributed by atoms with van der Waals surface area (Å²) in [4.78, 5) is 26.3. The molecule has 1 saturated heterocycles. The molecule has 0 unspecified atom stereocenters. The van der Waals surface area contributed by atoms with E-state index < -0.39 is 11.9 Å². The zero-order valence-electron chi connectivity index (χ0n) is 11.0. The molecule has 104 valence electrons. The van der Waals surface area contributed by atoms with E-state index in [0.29, 0.717) is 19.5 Å². The van der Waals surface area contributed by atoms with E-state index in [2.05, 4.69) is 0 Å². The summed E-state index contributed by atoms with van der Waals surface area (Å²) in [6, 6.07) is 4.02. The highest BCUT2D eigenvalue weighted by molar-refractivity contribution is 7.09. The quantitative estimate of drug-likeness (QED) is 0.921. The molecule has 0 radical (unpaired) electrons. The number of carbonyl (C=O) groups is 2. The van der Waals surface area contributed by atoms with Gasteiger partial charge in [0.1, 0.15) is 0 Å². The van der Waals surface area contributed by atoms with Gasteiger partial charge in [-0.15, -0.1) is 11.3 Å². The molecule has 0 spiro atoms. The standard InChI is InChI=1S/C14H19NO3S/c1-10(8-12-5-3-7-19-12)13(16)15-6-2-4-11(9-15)14(17)18/h3,5,7,10-11H,2,4,6,8-9H2,1H3,(H,17,18)/t10-,11+/m0/s1. The van der Waals surface area contributed by atoms with Crippen LogP contribution in [0.5, 0.6) is 0 Å². The van der Waals surface area contributed by atoms with Crippen molar-refractivity contribution in [3.05, 3.63) is 22.4 Å². The number of carboxylic acids is 1. The number of carboxylic acid groups (broad SMARTS) is 1. The maximum Gasteiger partial charge on any atom is 0.308 e. The topological polar surface area (TPSA) is 57.6 Å². The lowest BCUT2D eigenvalue weighted by Gasteiger charge is -2.32. The molecule has 2 heterocycles. The average molecular weight is 281 g/mol. The van der Waals surface area contributed by atoms with Gasteiger partial charge in [0.15, 0.2) is 0 Å². The molecule has 4 nitrogen and oxygen atoms in total. The zero-order chi connectivity index (χ0) is 13.8. The molecule has 5 heteroatoms. The normalized spacial score (nSPS) is 21.1. The van der Waals surface area contributed by atoms with Crippen LogP contribution < -0.4 is 0 Å². The molecule has 0 bridgehead atoms. The lowest BCUT2D eigenvalue weighted by molar-refractivity contribution is -0.146. The first kappa shape index (κ1) is 14.1. The van der Waals surface area contributed by atoms with Gasteiger partial charge in [-0.05, 0) is 30.7 Å². The van der Waals surface area contributed by atoms with Crippen molar-refractivity contribution >= 4 is 23.2 Å². The van der Waals surface area contributed by atoms with Gasteiger partial charge in [0.05, 0.1) is 5.92 Å². The molecule has 0 saturated carbocycles. The monoisotopic (exact) mass is 281 g/mol. The van der Waals surface area contributed by atoms with E-state index in [1.54, 1.807) is 16.2 Å². The highest BCUT2D eigenvalue weighted by atomic mass is 32.1. The van der Waals surface area contributed by atoms with Crippen molar-refractivity contribution in [1.82, 2.24) is 4.90 Å². The Balaban J connectivity index is 1.93. The Morgan fingerprint density at radius 3 is 3.00 bits per heavy atom. The molecular weight excluding hydrogens is 262 g/mol. The molecule has 1 amide bonds. The Kier molecular flexibility index (Phi) is 4.58. The highest BCUT2D eigenvalue weighted by Crippen LogP contribution is 2.21. The Morgan fingerprint density at radius 1 is 1.58 bits per heavy atom. The van der Waals surface area contributed by atoms with E-state index in [1.807, 2.05) is 24.4 Å². The first-order valence-corrected chi connectivity index (χ1v) is 7.50. The third-order valence-electron chi connectivity index (χ3n) is 3.59. The number of aliphatic carboxylic acids is 1. The molecular formula is C14H19NO3S. The van der Waals surface area contributed by atoms with Crippen molar-refractivity contribution in [2.75, 3.05) is 13.1 Å². The summed E-state index contributed by atoms with van der Waals surface area (Å²) < 4.78 is 0. The van der Waals surface area contributed by atoms with Crippen molar-refractivity contribution in [1.29, 1.82) is 0 Å². The van der Waals surface area contributed by atoms with Crippen LogP contribution in [0.15, 0.2) is 17.5 Å². The second-order valence-corrected chi connectivity index (χ2v) is 6.18. The fourth-order valence-corrected chi connectivity index (χ4v) is 3.34. The van der Waals surface area contributed by atoms with Gasteiger partial charge in [-0.3, -0.25) is 9.59 Å². The highest BCUT2D eigenvalue weighted by Gasteiger charge is 2.30. The molecule has 1 fully saturated rings. The number of nitrogens with zero attached hydrogens (tertiary/aromatic N) is 1. The van der Waals surface area contributed by atoms with Crippen LogP contribution >= 0.6 is 11.3 Å². The number of hydrogen-bond acceptors (Lipinski definition) is 3. The molecule has 2 rings (SSSR count). The maximum atomic E-state index is 12.3. The van der Waals surface area contributed by atoms with E-state index >= 15 is 0 Å². The van der Waals surface area contributed by atoms with Crippen molar-refractivity contribution in [2.24, 2.45) is 11.8 Å². The molecule has 2 atom stereocenters. The summed E-state index contributed by atoms with van der Waals surface area (Å²) in [5, 5.41) is 11.1. The average Bonchev–Trinajstić information content (AvgIpc) is 2.90. The summed E-state index contributed by atoms with van der Waals surface area (Å²) in [5.41, 5.74) is 0. The largest absolute Gasteiger partial charge is 0.481 e. The molecule has 1 aromatic rings. The smallest absolute Gasteiger partial charge is 0.308 e. The minimum Gasteiger partial charge on any atom is -0.481 e. The minimum atomic E-state index is -0.789. The van der Waals surface area contributed by atoms with Crippen molar-refractivity contribution < 1.29 is 14.7 Å². The molecule has 0 aromatic carbocycles. The van der Waals surface area contributed by atoms with Gasteiger partial charge in [0.2, 0.25) is 5.91 Å². The SMILES string of the molecule is C[C@@H](Cc1cccs1)C(=O)N1CCC[C@@H](C(=O)O)C1. The maximum absolute atomic E-state index is 12.3. The van der Waals surface area contributed by atoms with Crippen molar-refractivity contribution in [3.63, 3.8) is 0 Å². The van der Waals surface area contributed by atoms with E-state index in [-0.39, 0.29) is 11.8 Å². The number of thiophene rings is 1. The van der Waals surface area contributed by atoms with E-state index in [4.69, 9.17) is 5.11 Å². The molecule has 1 aliphatic rings. The second-order valence-electron chi connectivity index (χ2n) is 5.15. The van der Waals surface area contributed by atoms with Crippen LogP contribution in [0.4, 0.5) is 0 Å². The van der Waals surface area contributed by atoms with Crippen LogP contribution in [0.1, 0.15) is 24.6 Å². The van der Waals surface area contributed by atoms with Crippen LogP contribution in [0, 0.1) is 11.8 Å². The summed E-state index contributed by atoms with van der Waals surface area (Å²) in [6.45, 7) is 2.98. The first-order chi connectivity index (χ1) is 9.08. The number of hydrogen-bond donors (Lipinski definition) is 1. The Hall–Kier alpha value is -1.36. The van der Waals surface area contributed by atoms with Gasteiger partial charge in [-0.2, -0.15) is 0 Å². The molecule has 19 heavy (non-hydrogen) atoms. The van der Waals surface area contributed by atoms with Gasteiger partial charge >= 0.3 is 5.97 Å². The Labute approximate surface area is 117 Å².